The van der Waals surface area contributed by atoms with Crippen molar-refractivity contribution in [3.8, 4) is 0 Å². The van der Waals surface area contributed by atoms with Gasteiger partial charge in [0.15, 0.2) is 5.82 Å². The van der Waals surface area contributed by atoms with Gasteiger partial charge in [-0.15, -0.1) is 5.10 Å². The van der Waals surface area contributed by atoms with Crippen LogP contribution in [0.5, 0.6) is 0 Å². The van der Waals surface area contributed by atoms with Crippen LogP contribution in [0.15, 0.2) is 30.3 Å². The van der Waals surface area contributed by atoms with Crippen molar-refractivity contribution in [2.24, 2.45) is 5.92 Å². The molecule has 1 aliphatic rings. The Morgan fingerprint density at radius 2 is 2.10 bits per heavy atom. The van der Waals surface area contributed by atoms with Gasteiger partial charge in [-0.25, -0.2) is 4.68 Å². The quantitative estimate of drug-likeness (QED) is 0.891. The van der Waals surface area contributed by atoms with Gasteiger partial charge in [0.1, 0.15) is 0 Å². The maximum Gasteiger partial charge on any atom is 0.308 e. The number of aromatic nitrogens is 4. The molecular weight excluding hydrogens is 256 g/mol. The van der Waals surface area contributed by atoms with Crippen LogP contribution in [0, 0.1) is 5.92 Å². The van der Waals surface area contributed by atoms with Gasteiger partial charge in [0.25, 0.3) is 0 Å². The van der Waals surface area contributed by atoms with Crippen molar-refractivity contribution < 1.29 is 9.90 Å². The molecular formula is C14H16N4O2. The van der Waals surface area contributed by atoms with Crippen LogP contribution in [0.3, 0.4) is 0 Å². The van der Waals surface area contributed by atoms with E-state index in [0.29, 0.717) is 6.54 Å². The van der Waals surface area contributed by atoms with Crippen LogP contribution < -0.4 is 0 Å². The van der Waals surface area contributed by atoms with Gasteiger partial charge < -0.3 is 5.11 Å². The molecule has 1 atom stereocenters. The molecule has 20 heavy (non-hydrogen) atoms. The van der Waals surface area contributed by atoms with Crippen molar-refractivity contribution >= 4 is 5.97 Å². The molecule has 6 nitrogen and oxygen atoms in total. The molecule has 104 valence electrons. The molecule has 0 radical (unpaired) electrons. The van der Waals surface area contributed by atoms with Crippen LogP contribution >= 0.6 is 0 Å². The number of carboxylic acids is 1. The molecule has 0 spiro atoms. The number of hydrogen-bond acceptors (Lipinski definition) is 4. The first-order chi connectivity index (χ1) is 9.63. The highest BCUT2D eigenvalue weighted by atomic mass is 16.4. The third-order valence-electron chi connectivity index (χ3n) is 3.90. The van der Waals surface area contributed by atoms with E-state index in [9.17, 15) is 4.79 Å². The number of benzene rings is 1. The lowest BCUT2D eigenvalue weighted by Crippen LogP contribution is -2.23. The summed E-state index contributed by atoms with van der Waals surface area (Å²) in [4.78, 5) is 11.0. The smallest absolute Gasteiger partial charge is 0.308 e. The topological polar surface area (TPSA) is 80.9 Å². The Bertz CT molecular complexity index is 619. The number of nitrogens with zero attached hydrogens (tertiary/aromatic N) is 4. The van der Waals surface area contributed by atoms with Crippen LogP contribution in [0.4, 0.5) is 0 Å². The molecule has 1 heterocycles. The summed E-state index contributed by atoms with van der Waals surface area (Å²) in [5, 5.41) is 20.9. The summed E-state index contributed by atoms with van der Waals surface area (Å²) in [5.41, 5.74) is 1.06. The van der Waals surface area contributed by atoms with Gasteiger partial charge in [-0.3, -0.25) is 4.79 Å². The van der Waals surface area contributed by atoms with E-state index in [-0.39, 0.29) is 5.41 Å². The van der Waals surface area contributed by atoms with Crippen LogP contribution in [-0.2, 0) is 16.8 Å². The number of aliphatic carboxylic acids is 1. The van der Waals surface area contributed by atoms with Gasteiger partial charge in [-0.2, -0.15) is 0 Å². The average Bonchev–Trinajstić information content (AvgIpc) is 3.14. The zero-order valence-corrected chi connectivity index (χ0v) is 11.2. The molecule has 1 N–H and O–H groups in total. The standard InChI is InChI=1S/C14H16N4O2/c1-10(12(19)20)9-18-13(15-16-17-18)14(7-8-14)11-5-3-2-4-6-11/h2-6,10H,7-9H2,1H3,(H,19,20). The molecule has 1 saturated carbocycles. The Labute approximate surface area is 116 Å². The van der Waals surface area contributed by atoms with E-state index in [1.54, 1.807) is 11.6 Å². The van der Waals surface area contributed by atoms with Crippen molar-refractivity contribution in [2.75, 3.05) is 0 Å². The summed E-state index contributed by atoms with van der Waals surface area (Å²) in [5.74, 6) is -0.573. The van der Waals surface area contributed by atoms with Gasteiger partial charge in [-0.1, -0.05) is 37.3 Å². The molecule has 2 aromatic rings. The summed E-state index contributed by atoms with van der Waals surface area (Å²) in [6, 6.07) is 10.1. The fraction of sp³-hybridized carbons (Fsp3) is 0.429. The van der Waals surface area contributed by atoms with Crippen LogP contribution in [0.25, 0.3) is 0 Å². The van der Waals surface area contributed by atoms with Crippen molar-refractivity contribution in [1.29, 1.82) is 0 Å². The molecule has 0 aliphatic heterocycles. The predicted octanol–water partition coefficient (Wildman–Crippen LogP) is 1.47. The van der Waals surface area contributed by atoms with E-state index in [2.05, 4.69) is 27.7 Å². The van der Waals surface area contributed by atoms with Gasteiger partial charge in [-0.05, 0) is 28.8 Å². The maximum atomic E-state index is 11.0. The summed E-state index contributed by atoms with van der Waals surface area (Å²) in [7, 11) is 0. The minimum atomic E-state index is -0.837. The molecule has 1 fully saturated rings. The van der Waals surface area contributed by atoms with Crippen molar-refractivity contribution in [3.05, 3.63) is 41.7 Å². The average molecular weight is 272 g/mol. The Morgan fingerprint density at radius 3 is 2.70 bits per heavy atom. The Balaban J connectivity index is 1.92. The fourth-order valence-corrected chi connectivity index (χ4v) is 2.53. The lowest BCUT2D eigenvalue weighted by atomic mass is 9.95. The van der Waals surface area contributed by atoms with Crippen LogP contribution in [-0.4, -0.2) is 31.3 Å². The zero-order valence-electron chi connectivity index (χ0n) is 11.2. The largest absolute Gasteiger partial charge is 0.481 e. The molecule has 0 amide bonds. The Hall–Kier alpha value is -2.24. The molecule has 1 aromatic carbocycles. The predicted molar refractivity (Wildman–Crippen MR) is 71.1 cm³/mol. The van der Waals surface area contributed by atoms with E-state index in [4.69, 9.17) is 5.11 Å². The molecule has 1 aliphatic carbocycles. The van der Waals surface area contributed by atoms with Gasteiger partial charge >= 0.3 is 5.97 Å². The lowest BCUT2D eigenvalue weighted by molar-refractivity contribution is -0.141. The van der Waals surface area contributed by atoms with E-state index in [0.717, 1.165) is 18.7 Å². The van der Waals surface area contributed by atoms with E-state index in [1.165, 1.54) is 5.56 Å². The SMILES string of the molecule is CC(Cn1nnnc1C1(c2ccccc2)CC1)C(=O)O. The third kappa shape index (κ3) is 2.07. The monoisotopic (exact) mass is 272 g/mol. The third-order valence-corrected chi connectivity index (χ3v) is 3.90. The highest BCUT2D eigenvalue weighted by molar-refractivity contribution is 5.69. The zero-order chi connectivity index (χ0) is 14.2. The second-order valence-electron chi connectivity index (χ2n) is 5.37. The first-order valence-corrected chi connectivity index (χ1v) is 6.68. The Morgan fingerprint density at radius 1 is 1.40 bits per heavy atom. The lowest BCUT2D eigenvalue weighted by Gasteiger charge is -2.16. The molecule has 1 aromatic heterocycles. The van der Waals surface area contributed by atoms with Crippen LogP contribution in [0.2, 0.25) is 0 Å². The van der Waals surface area contributed by atoms with E-state index >= 15 is 0 Å². The first kappa shape index (κ1) is 12.8. The molecule has 3 rings (SSSR count). The molecule has 0 saturated heterocycles. The number of tetrazole rings is 1. The van der Waals surface area contributed by atoms with Gasteiger partial charge in [0, 0.05) is 0 Å². The van der Waals surface area contributed by atoms with Gasteiger partial charge in [0.2, 0.25) is 0 Å². The summed E-state index contributed by atoms with van der Waals surface area (Å²) < 4.78 is 1.64. The highest BCUT2D eigenvalue weighted by Gasteiger charge is 2.50. The van der Waals surface area contributed by atoms with Crippen LogP contribution in [0.1, 0.15) is 31.2 Å². The first-order valence-electron chi connectivity index (χ1n) is 6.68. The summed E-state index contributed by atoms with van der Waals surface area (Å²) >= 11 is 0. The fourth-order valence-electron chi connectivity index (χ4n) is 2.53. The van der Waals surface area contributed by atoms with E-state index in [1.807, 2.05) is 18.2 Å². The molecule has 6 heteroatoms. The summed E-state index contributed by atoms with van der Waals surface area (Å²) in [6.07, 6.45) is 2.00. The normalized spacial score (nSPS) is 17.6. The summed E-state index contributed by atoms with van der Waals surface area (Å²) in [6.45, 7) is 1.96. The molecule has 1 unspecified atom stereocenters. The maximum absolute atomic E-state index is 11.0. The number of carbonyl (C=O) groups is 1. The van der Waals surface area contributed by atoms with Crippen molar-refractivity contribution in [3.63, 3.8) is 0 Å². The molecule has 0 bridgehead atoms. The number of rotatable bonds is 5. The number of hydrogen-bond donors (Lipinski definition) is 1. The minimum absolute atomic E-state index is 0.136. The second kappa shape index (κ2) is 4.70. The van der Waals surface area contributed by atoms with Gasteiger partial charge in [0.05, 0.1) is 17.9 Å². The van der Waals surface area contributed by atoms with Crippen molar-refractivity contribution in [1.82, 2.24) is 20.2 Å². The second-order valence-corrected chi connectivity index (χ2v) is 5.37. The highest BCUT2D eigenvalue weighted by Crippen LogP contribution is 2.52. The van der Waals surface area contributed by atoms with E-state index < -0.39 is 11.9 Å². The van der Waals surface area contributed by atoms with Crippen molar-refractivity contribution in [2.45, 2.75) is 31.7 Å². The number of carboxylic acid groups (broad SMARTS) is 1. The Kier molecular flexibility index (Phi) is 3.00. The minimum Gasteiger partial charge on any atom is -0.481 e.